The number of para-hydroxylation sites is 1. The Labute approximate surface area is 448 Å². The van der Waals surface area contributed by atoms with Crippen LogP contribution in [0.1, 0.15) is 47.1 Å². The van der Waals surface area contributed by atoms with Crippen molar-refractivity contribution in [2.45, 2.75) is 46.9 Å². The molecule has 0 unspecified atom stereocenters. The van der Waals surface area contributed by atoms with Crippen molar-refractivity contribution in [3.63, 3.8) is 0 Å². The van der Waals surface area contributed by atoms with Crippen LogP contribution >= 0.6 is 0 Å². The molecule has 2 aromatic heterocycles. The number of nitrogens with zero attached hydrogens (tertiary/aromatic N) is 3. The number of aryl methyl sites for hydroxylation is 3. The van der Waals surface area contributed by atoms with Crippen molar-refractivity contribution in [2.75, 3.05) is 0 Å². The average molecular weight is 1130 g/mol. The van der Waals surface area contributed by atoms with Crippen LogP contribution in [0.3, 0.4) is 0 Å². The molecule has 0 N–H and O–H groups in total. The maximum absolute atomic E-state index is 9.06. The minimum absolute atomic E-state index is 0. The van der Waals surface area contributed by atoms with Gasteiger partial charge in [-0.3, -0.25) is 9.55 Å². The van der Waals surface area contributed by atoms with Gasteiger partial charge in [-0.1, -0.05) is 201 Å². The molecule has 4 nitrogen and oxygen atoms in total. The second-order valence-electron chi connectivity index (χ2n) is 19.6. The summed E-state index contributed by atoms with van der Waals surface area (Å²) in [4.78, 5) is 10.6. The Balaban J connectivity index is 0.00000657. The molecule has 73 heavy (non-hydrogen) atoms. The first-order valence-electron chi connectivity index (χ1n) is 25.9. The molecule has 0 fully saturated rings. The van der Waals surface area contributed by atoms with Crippen molar-refractivity contribution in [2.24, 2.45) is 0 Å². The van der Waals surface area contributed by atoms with E-state index in [2.05, 4.69) is 185 Å². The van der Waals surface area contributed by atoms with E-state index in [0.717, 1.165) is 89.1 Å². The molecular weight excluding hydrogens is 1070 g/mol. The number of hydrogen-bond donors (Lipinski definition) is 0. The third-order valence-electron chi connectivity index (χ3n) is 13.6. The summed E-state index contributed by atoms with van der Waals surface area (Å²) in [5.74, 6) is 1.15. The monoisotopic (exact) mass is 1130 g/mol. The van der Waals surface area contributed by atoms with E-state index < -0.39 is 6.85 Å². The Morgan fingerprint density at radius 1 is 0.521 bits per heavy atom. The molecule has 11 rings (SSSR count). The summed E-state index contributed by atoms with van der Waals surface area (Å²) in [6, 6.07) is 74.4. The summed E-state index contributed by atoms with van der Waals surface area (Å²) in [6.07, 6.45) is 1.87. The fourth-order valence-corrected chi connectivity index (χ4v) is 9.96. The van der Waals surface area contributed by atoms with Crippen molar-refractivity contribution in [3.05, 3.63) is 248 Å². The SMILES string of the molecule is [2H]C([2H])([2H])c1cc(-n2c(-c3cc(C)cc(C)c3O[CH2-])nc3c(-c4[c-]c(-c5cc(-c6ccc(-c7ccccc7)cc6)ccn5)cc(-c5ccccc5)c4)cccc32)c(-c2ccc(C(C)(C)C)cc2)cc1-c1ccccc1.[Pt+2]. The van der Waals surface area contributed by atoms with E-state index in [0.29, 0.717) is 28.3 Å². The molecule has 0 aliphatic heterocycles. The summed E-state index contributed by atoms with van der Waals surface area (Å²) in [6.45, 7) is 8.20. The smallest absolute Gasteiger partial charge is 0.665 e. The van der Waals surface area contributed by atoms with Crippen LogP contribution in [-0.2, 0) is 26.5 Å². The Morgan fingerprint density at radius 3 is 1.75 bits per heavy atom. The number of rotatable bonds is 10. The molecule has 358 valence electrons. The van der Waals surface area contributed by atoms with E-state index in [-0.39, 0.29) is 32.0 Å². The number of pyridine rings is 1. The third-order valence-corrected chi connectivity index (χ3v) is 13.6. The zero-order valence-corrected chi connectivity index (χ0v) is 43.8. The molecule has 0 aliphatic carbocycles. The molecule has 2 heterocycles. The van der Waals surface area contributed by atoms with Crippen molar-refractivity contribution in [1.29, 1.82) is 0 Å². The quantitative estimate of drug-likeness (QED) is 0.128. The first kappa shape index (κ1) is 45.0. The molecule has 0 atom stereocenters. The number of fused-ring (bicyclic) bond motifs is 1. The van der Waals surface area contributed by atoms with Crippen LogP contribution in [0.5, 0.6) is 5.75 Å². The topological polar surface area (TPSA) is 39.9 Å². The van der Waals surface area contributed by atoms with Gasteiger partial charge in [-0.15, -0.1) is 23.8 Å². The predicted molar refractivity (Wildman–Crippen MR) is 300 cm³/mol. The Kier molecular flexibility index (Phi) is 12.5. The van der Waals surface area contributed by atoms with Crippen LogP contribution < -0.4 is 4.74 Å². The van der Waals surface area contributed by atoms with Gasteiger partial charge in [-0.05, 0) is 123 Å². The molecule has 0 spiro atoms. The second kappa shape index (κ2) is 20.3. The molecule has 5 heteroatoms. The fraction of sp³-hybridized carbons (Fsp3) is 0.103. The number of ether oxygens (including phenoxy) is 1. The molecule has 0 radical (unpaired) electrons. The summed E-state index contributed by atoms with van der Waals surface area (Å²) in [5, 5.41) is 0. The number of hydrogen-bond acceptors (Lipinski definition) is 3. The molecule has 0 bridgehead atoms. The van der Waals surface area contributed by atoms with E-state index in [1.165, 1.54) is 11.1 Å². The minimum Gasteiger partial charge on any atom is -0.665 e. The van der Waals surface area contributed by atoms with Gasteiger partial charge in [0.1, 0.15) is 5.82 Å². The Morgan fingerprint density at radius 2 is 1.11 bits per heavy atom. The van der Waals surface area contributed by atoms with Crippen molar-refractivity contribution < 1.29 is 29.9 Å². The Hall–Kier alpha value is -7.91. The zero-order valence-electron chi connectivity index (χ0n) is 44.5. The largest absolute Gasteiger partial charge is 2.00 e. The van der Waals surface area contributed by atoms with Gasteiger partial charge < -0.3 is 4.74 Å². The van der Waals surface area contributed by atoms with Crippen molar-refractivity contribution in [1.82, 2.24) is 14.5 Å². The third kappa shape index (κ3) is 9.64. The molecule has 0 saturated carbocycles. The first-order chi connectivity index (χ1) is 36.2. The van der Waals surface area contributed by atoms with Gasteiger partial charge in [0.2, 0.25) is 0 Å². The van der Waals surface area contributed by atoms with Crippen LogP contribution in [0.25, 0.3) is 106 Å². The summed E-state index contributed by atoms with van der Waals surface area (Å²) < 4.78 is 35.3. The molecule has 0 aliphatic rings. The van der Waals surface area contributed by atoms with Crippen LogP contribution in [0, 0.1) is 33.9 Å². The summed E-state index contributed by atoms with van der Waals surface area (Å²) in [7, 11) is 3.94. The van der Waals surface area contributed by atoms with Gasteiger partial charge in [0.15, 0.2) is 0 Å². The molecule has 9 aromatic carbocycles. The van der Waals surface area contributed by atoms with Gasteiger partial charge in [0.25, 0.3) is 0 Å². The predicted octanol–water partition coefficient (Wildman–Crippen LogP) is 17.9. The standard InChI is InChI=1S/C68H55N3O.Pt/c1-44-36-46(3)66(72-7)61(37-44)67-70-65-58(24-17-25-63(65)71(67)64-38-45(2)59(51-22-15-10-16-23-51)43-60(64)52-30-32-57(33-31-52)68(4,5)6)55-39-54(48-20-13-9-14-21-48)40-56(41-55)62-42-53(34-35-69-62)50-28-26-49(27-29-50)47-18-11-8-12-19-47;/h8-40,42-43H,7H2,1-6H3;/q-2;+2/i2D3;. The van der Waals surface area contributed by atoms with Crippen molar-refractivity contribution in [3.8, 4) is 101 Å². The van der Waals surface area contributed by atoms with Gasteiger partial charge >= 0.3 is 21.1 Å². The molecular formula is C68H55N3OPt. The molecule has 0 amide bonds. The second-order valence-corrected chi connectivity index (χ2v) is 19.6. The molecule has 11 aromatic rings. The number of benzene rings is 9. The van der Waals surface area contributed by atoms with E-state index >= 15 is 0 Å². The van der Waals surface area contributed by atoms with Crippen molar-refractivity contribution >= 4 is 11.0 Å². The van der Waals surface area contributed by atoms with Crippen LogP contribution in [0.2, 0.25) is 0 Å². The van der Waals surface area contributed by atoms with Gasteiger partial charge in [0, 0.05) is 21.6 Å². The van der Waals surface area contributed by atoms with E-state index in [9.17, 15) is 0 Å². The maximum atomic E-state index is 9.06. The normalized spacial score (nSPS) is 12.2. The summed E-state index contributed by atoms with van der Waals surface area (Å²) >= 11 is 0. The minimum atomic E-state index is -2.47. The number of imidazole rings is 1. The van der Waals surface area contributed by atoms with Crippen LogP contribution in [-0.4, -0.2) is 14.5 Å². The summed E-state index contributed by atoms with van der Waals surface area (Å²) in [5.41, 5.74) is 19.1. The Bertz CT molecular complexity index is 3880. The van der Waals surface area contributed by atoms with Crippen LogP contribution in [0.4, 0.5) is 0 Å². The molecule has 0 saturated heterocycles. The van der Waals surface area contributed by atoms with E-state index in [1.54, 1.807) is 0 Å². The average Bonchev–Trinajstić information content (AvgIpc) is 3.83. The van der Waals surface area contributed by atoms with Crippen LogP contribution in [0.15, 0.2) is 212 Å². The van der Waals surface area contributed by atoms with E-state index in [4.69, 9.17) is 18.8 Å². The van der Waals surface area contributed by atoms with E-state index in [1.807, 2.05) is 79.9 Å². The zero-order chi connectivity index (χ0) is 52.0. The van der Waals surface area contributed by atoms with Gasteiger partial charge in [-0.25, -0.2) is 4.98 Å². The number of aromatic nitrogens is 3. The maximum Gasteiger partial charge on any atom is 2.00 e. The first-order valence-corrected chi connectivity index (χ1v) is 24.4. The van der Waals surface area contributed by atoms with Gasteiger partial charge in [0.05, 0.1) is 28.0 Å². The van der Waals surface area contributed by atoms with Gasteiger partial charge in [-0.2, -0.15) is 7.11 Å². The fourth-order valence-electron chi connectivity index (χ4n) is 9.96.